The molecule has 0 aliphatic carbocycles. The van der Waals surface area contributed by atoms with Crippen LogP contribution >= 0.6 is 12.6 Å². The maximum absolute atomic E-state index is 12.3. The van der Waals surface area contributed by atoms with Gasteiger partial charge in [0.15, 0.2) is 0 Å². The summed E-state index contributed by atoms with van der Waals surface area (Å²) in [5.74, 6) is 0. The predicted octanol–water partition coefficient (Wildman–Crippen LogP) is 1.73. The van der Waals surface area contributed by atoms with Crippen molar-refractivity contribution >= 4 is 28.3 Å². The van der Waals surface area contributed by atoms with E-state index in [0.29, 0.717) is 23.7 Å². The topological polar surface area (TPSA) is 63.4 Å². The summed E-state index contributed by atoms with van der Waals surface area (Å²) in [4.78, 5) is 0.859. The molecule has 0 radical (unpaired) electrons. The Morgan fingerprint density at radius 1 is 1.18 bits per heavy atom. The SMILES string of the molecule is Nc1cc(S(=O)(=O)N2CCCCC2)ccc1S. The fourth-order valence-electron chi connectivity index (χ4n) is 1.95. The molecule has 0 unspecified atom stereocenters. The molecule has 1 aliphatic heterocycles. The fourth-order valence-corrected chi connectivity index (χ4v) is 3.64. The lowest BCUT2D eigenvalue weighted by atomic mass is 10.2. The molecule has 0 aromatic heterocycles. The van der Waals surface area contributed by atoms with E-state index in [2.05, 4.69) is 12.6 Å². The Morgan fingerprint density at radius 2 is 1.82 bits per heavy atom. The Kier molecular flexibility index (Phi) is 3.65. The van der Waals surface area contributed by atoms with Crippen molar-refractivity contribution in [3.8, 4) is 0 Å². The third kappa shape index (κ3) is 2.59. The van der Waals surface area contributed by atoms with Crippen molar-refractivity contribution in [2.24, 2.45) is 0 Å². The van der Waals surface area contributed by atoms with Gasteiger partial charge in [0.2, 0.25) is 10.0 Å². The Hall–Kier alpha value is -0.720. The maximum Gasteiger partial charge on any atom is 0.243 e. The summed E-state index contributed by atoms with van der Waals surface area (Å²) in [6, 6.07) is 4.66. The number of hydrogen-bond acceptors (Lipinski definition) is 4. The Balaban J connectivity index is 2.33. The smallest absolute Gasteiger partial charge is 0.243 e. The van der Waals surface area contributed by atoms with Gasteiger partial charge in [-0.1, -0.05) is 6.42 Å². The molecule has 0 atom stereocenters. The monoisotopic (exact) mass is 272 g/mol. The van der Waals surface area contributed by atoms with Crippen molar-refractivity contribution in [3.05, 3.63) is 18.2 Å². The lowest BCUT2D eigenvalue weighted by molar-refractivity contribution is 0.346. The number of anilines is 1. The molecule has 0 saturated carbocycles. The van der Waals surface area contributed by atoms with Gasteiger partial charge in [-0.25, -0.2) is 8.42 Å². The number of piperidine rings is 1. The molecule has 6 heteroatoms. The normalized spacial score (nSPS) is 18.2. The van der Waals surface area contributed by atoms with Crippen LogP contribution in [-0.4, -0.2) is 25.8 Å². The van der Waals surface area contributed by atoms with Crippen molar-refractivity contribution < 1.29 is 8.42 Å². The van der Waals surface area contributed by atoms with Gasteiger partial charge in [0.1, 0.15) is 0 Å². The summed E-state index contributed by atoms with van der Waals surface area (Å²) in [5.41, 5.74) is 6.08. The predicted molar refractivity (Wildman–Crippen MR) is 70.7 cm³/mol. The van der Waals surface area contributed by atoms with Crippen molar-refractivity contribution in [1.82, 2.24) is 4.31 Å². The summed E-state index contributed by atoms with van der Waals surface area (Å²) in [6.07, 6.45) is 2.96. The van der Waals surface area contributed by atoms with Gasteiger partial charge in [0.25, 0.3) is 0 Å². The summed E-state index contributed by atoms with van der Waals surface area (Å²) in [5, 5.41) is 0. The average molecular weight is 272 g/mol. The first-order valence-electron chi connectivity index (χ1n) is 5.60. The number of benzene rings is 1. The molecule has 17 heavy (non-hydrogen) atoms. The van der Waals surface area contributed by atoms with Gasteiger partial charge in [-0.3, -0.25) is 0 Å². The minimum Gasteiger partial charge on any atom is -0.398 e. The molecule has 1 aromatic carbocycles. The number of nitrogen functional groups attached to an aromatic ring is 1. The van der Waals surface area contributed by atoms with Gasteiger partial charge in [-0.15, -0.1) is 12.6 Å². The zero-order valence-corrected chi connectivity index (χ0v) is 11.2. The third-order valence-corrected chi connectivity index (χ3v) is 5.25. The van der Waals surface area contributed by atoms with Gasteiger partial charge in [-0.05, 0) is 31.0 Å². The number of hydrogen-bond donors (Lipinski definition) is 2. The lowest BCUT2D eigenvalue weighted by Crippen LogP contribution is -2.35. The summed E-state index contributed by atoms with van der Waals surface area (Å²) < 4.78 is 26.1. The van der Waals surface area contributed by atoms with Crippen LogP contribution in [0.5, 0.6) is 0 Å². The third-order valence-electron chi connectivity index (χ3n) is 2.95. The second kappa shape index (κ2) is 4.88. The Morgan fingerprint density at radius 3 is 2.41 bits per heavy atom. The van der Waals surface area contributed by atoms with E-state index in [4.69, 9.17) is 5.73 Å². The van der Waals surface area contributed by atoms with E-state index in [1.165, 1.54) is 10.4 Å². The summed E-state index contributed by atoms with van der Waals surface area (Å²) >= 11 is 4.13. The zero-order valence-electron chi connectivity index (χ0n) is 9.46. The summed E-state index contributed by atoms with van der Waals surface area (Å²) in [7, 11) is -3.38. The van der Waals surface area contributed by atoms with E-state index in [0.717, 1.165) is 19.3 Å². The van der Waals surface area contributed by atoms with Crippen LogP contribution in [0.3, 0.4) is 0 Å². The highest BCUT2D eigenvalue weighted by Gasteiger charge is 2.26. The number of nitrogens with two attached hydrogens (primary N) is 1. The van der Waals surface area contributed by atoms with Crippen molar-refractivity contribution in [2.45, 2.75) is 29.1 Å². The molecule has 94 valence electrons. The number of nitrogens with zero attached hydrogens (tertiary/aromatic N) is 1. The number of rotatable bonds is 2. The van der Waals surface area contributed by atoms with E-state index < -0.39 is 10.0 Å². The van der Waals surface area contributed by atoms with E-state index in [-0.39, 0.29) is 4.90 Å². The number of sulfonamides is 1. The first kappa shape index (κ1) is 12.7. The molecule has 1 fully saturated rings. The van der Waals surface area contributed by atoms with E-state index in [1.54, 1.807) is 12.1 Å². The molecule has 1 aliphatic rings. The Labute approximate surface area is 107 Å². The molecule has 2 N–H and O–H groups in total. The molecule has 1 heterocycles. The second-order valence-corrected chi connectivity index (χ2v) is 6.61. The van der Waals surface area contributed by atoms with Gasteiger partial charge >= 0.3 is 0 Å². The highest BCUT2D eigenvalue weighted by atomic mass is 32.2. The molecule has 0 bridgehead atoms. The average Bonchev–Trinajstić information content (AvgIpc) is 2.33. The second-order valence-electron chi connectivity index (χ2n) is 4.19. The van der Waals surface area contributed by atoms with Crippen LogP contribution < -0.4 is 5.73 Å². The standard InChI is InChI=1S/C11H16N2O2S2/c12-10-8-9(4-5-11(10)16)17(14,15)13-6-2-1-3-7-13/h4-5,8,16H,1-3,6-7,12H2. The van der Waals surface area contributed by atoms with E-state index >= 15 is 0 Å². The fraction of sp³-hybridized carbons (Fsp3) is 0.455. The minimum absolute atomic E-state index is 0.259. The highest BCUT2D eigenvalue weighted by Crippen LogP contribution is 2.25. The molecule has 2 rings (SSSR count). The van der Waals surface area contributed by atoms with Gasteiger partial charge in [0, 0.05) is 23.7 Å². The van der Waals surface area contributed by atoms with Crippen molar-refractivity contribution in [1.29, 1.82) is 0 Å². The van der Waals surface area contributed by atoms with E-state index in [1.807, 2.05) is 0 Å². The first-order chi connectivity index (χ1) is 8.01. The quantitative estimate of drug-likeness (QED) is 0.636. The van der Waals surface area contributed by atoms with Crippen molar-refractivity contribution in [3.63, 3.8) is 0 Å². The molecular weight excluding hydrogens is 256 g/mol. The largest absolute Gasteiger partial charge is 0.398 e. The lowest BCUT2D eigenvalue weighted by Gasteiger charge is -2.26. The van der Waals surface area contributed by atoms with Gasteiger partial charge in [-0.2, -0.15) is 4.31 Å². The molecule has 1 saturated heterocycles. The van der Waals surface area contributed by atoms with Crippen LogP contribution in [0.25, 0.3) is 0 Å². The molecule has 0 spiro atoms. The number of thiol groups is 1. The zero-order chi connectivity index (χ0) is 12.5. The summed E-state index contributed by atoms with van der Waals surface area (Å²) in [6.45, 7) is 1.20. The van der Waals surface area contributed by atoms with Crippen LogP contribution in [0.4, 0.5) is 5.69 Å². The molecule has 1 aromatic rings. The molecule has 4 nitrogen and oxygen atoms in total. The van der Waals surface area contributed by atoms with Crippen LogP contribution in [0, 0.1) is 0 Å². The van der Waals surface area contributed by atoms with Gasteiger partial charge < -0.3 is 5.73 Å². The van der Waals surface area contributed by atoms with Crippen LogP contribution in [0.1, 0.15) is 19.3 Å². The highest BCUT2D eigenvalue weighted by molar-refractivity contribution is 7.89. The van der Waals surface area contributed by atoms with Crippen LogP contribution in [-0.2, 0) is 10.0 Å². The van der Waals surface area contributed by atoms with Gasteiger partial charge in [0.05, 0.1) is 4.90 Å². The first-order valence-corrected chi connectivity index (χ1v) is 7.49. The van der Waals surface area contributed by atoms with E-state index in [9.17, 15) is 8.42 Å². The maximum atomic E-state index is 12.3. The molecular formula is C11H16N2O2S2. The minimum atomic E-state index is -3.38. The molecule has 0 amide bonds. The van der Waals surface area contributed by atoms with Crippen LogP contribution in [0.2, 0.25) is 0 Å². The van der Waals surface area contributed by atoms with Crippen molar-refractivity contribution in [2.75, 3.05) is 18.8 Å². The Bertz CT molecular complexity index is 508. The van der Waals surface area contributed by atoms with Crippen LogP contribution in [0.15, 0.2) is 28.0 Å².